The number of thioether (sulfide) groups is 1. The lowest BCUT2D eigenvalue weighted by Crippen LogP contribution is -2.32. The Morgan fingerprint density at radius 3 is 2.59 bits per heavy atom. The highest BCUT2D eigenvalue weighted by molar-refractivity contribution is 8.14. The van der Waals surface area contributed by atoms with Crippen LogP contribution in [0.15, 0.2) is 53.5 Å². The van der Waals surface area contributed by atoms with Crippen molar-refractivity contribution in [1.82, 2.24) is 4.90 Å². The number of amides is 1. The fourth-order valence-electron chi connectivity index (χ4n) is 2.93. The zero-order valence-electron chi connectivity index (χ0n) is 15.7. The van der Waals surface area contributed by atoms with Gasteiger partial charge in [-0.25, -0.2) is 0 Å². The molecule has 1 amide bonds. The number of ether oxygens (including phenoxy) is 2. The molecule has 0 spiro atoms. The first-order valence-corrected chi connectivity index (χ1v) is 9.92. The van der Waals surface area contributed by atoms with Crippen LogP contribution in [0, 0.1) is 0 Å². The van der Waals surface area contributed by atoms with Crippen molar-refractivity contribution in [3.63, 3.8) is 0 Å². The lowest BCUT2D eigenvalue weighted by molar-refractivity contribution is -0.126. The summed E-state index contributed by atoms with van der Waals surface area (Å²) in [6.07, 6.45) is 1.10. The van der Waals surface area contributed by atoms with E-state index in [1.807, 2.05) is 53.4 Å². The molecular weight excluding hydrogens is 360 g/mol. The Bertz CT molecular complexity index is 808. The van der Waals surface area contributed by atoms with Crippen LogP contribution in [0.3, 0.4) is 0 Å². The molecule has 0 N–H and O–H groups in total. The Hall–Kier alpha value is -2.47. The Morgan fingerprint density at radius 1 is 1.07 bits per heavy atom. The number of amidine groups is 1. The maximum atomic E-state index is 12.7. The Kier molecular flexibility index (Phi) is 6.76. The molecule has 5 nitrogen and oxygen atoms in total. The molecule has 0 atom stereocenters. The summed E-state index contributed by atoms with van der Waals surface area (Å²) in [5.74, 6) is 2.39. The average Bonchev–Trinajstić information content (AvgIpc) is 3.19. The van der Waals surface area contributed by atoms with Crippen molar-refractivity contribution in [2.75, 3.05) is 26.5 Å². The molecule has 0 unspecified atom stereocenters. The zero-order valence-corrected chi connectivity index (χ0v) is 16.5. The van der Waals surface area contributed by atoms with Crippen LogP contribution in [0.1, 0.15) is 17.5 Å². The van der Waals surface area contributed by atoms with Gasteiger partial charge in [0.15, 0.2) is 16.7 Å². The predicted octanol–water partition coefficient (Wildman–Crippen LogP) is 3.77. The highest BCUT2D eigenvalue weighted by Gasteiger charge is 2.25. The van der Waals surface area contributed by atoms with Crippen LogP contribution in [0.25, 0.3) is 0 Å². The van der Waals surface area contributed by atoms with Crippen molar-refractivity contribution in [1.29, 1.82) is 0 Å². The number of benzene rings is 2. The van der Waals surface area contributed by atoms with Crippen LogP contribution in [0.4, 0.5) is 0 Å². The topological polar surface area (TPSA) is 51.1 Å². The Balaban J connectivity index is 1.60. The highest BCUT2D eigenvalue weighted by atomic mass is 32.2. The van der Waals surface area contributed by atoms with Gasteiger partial charge in [0, 0.05) is 18.7 Å². The molecule has 1 saturated heterocycles. The molecule has 1 fully saturated rings. The normalized spacial score (nSPS) is 15.2. The zero-order chi connectivity index (χ0) is 19.1. The summed E-state index contributed by atoms with van der Waals surface area (Å²) in [4.78, 5) is 19.2. The van der Waals surface area contributed by atoms with Crippen molar-refractivity contribution in [2.24, 2.45) is 4.99 Å². The summed E-state index contributed by atoms with van der Waals surface area (Å²) in [6, 6.07) is 15.9. The molecule has 1 aliphatic heterocycles. The predicted molar refractivity (Wildman–Crippen MR) is 110 cm³/mol. The molecule has 142 valence electrons. The van der Waals surface area contributed by atoms with Gasteiger partial charge < -0.3 is 9.47 Å². The maximum absolute atomic E-state index is 12.7. The third-order valence-electron chi connectivity index (χ3n) is 4.39. The summed E-state index contributed by atoms with van der Waals surface area (Å²) < 4.78 is 10.6. The third-order valence-corrected chi connectivity index (χ3v) is 5.39. The number of aliphatic imine (C=N–C) groups is 1. The molecule has 1 heterocycles. The lowest BCUT2D eigenvalue weighted by Gasteiger charge is -2.16. The van der Waals surface area contributed by atoms with Gasteiger partial charge in [-0.1, -0.05) is 48.2 Å². The fraction of sp³-hybridized carbons (Fsp3) is 0.333. The van der Waals surface area contributed by atoms with Crippen LogP contribution < -0.4 is 9.47 Å². The second-order valence-corrected chi connectivity index (χ2v) is 7.23. The van der Waals surface area contributed by atoms with Gasteiger partial charge >= 0.3 is 0 Å². The van der Waals surface area contributed by atoms with Crippen molar-refractivity contribution < 1.29 is 14.3 Å². The molecule has 6 heteroatoms. The minimum atomic E-state index is 0.113. The number of carbonyl (C=O) groups excluding carboxylic acids is 1. The molecular formula is C21H24N2O3S. The van der Waals surface area contributed by atoms with Gasteiger partial charge in [-0.15, -0.1) is 0 Å². The first-order chi connectivity index (χ1) is 13.2. The average molecular weight is 385 g/mol. The molecule has 27 heavy (non-hydrogen) atoms. The van der Waals surface area contributed by atoms with Gasteiger partial charge in [0.1, 0.15) is 0 Å². The molecule has 2 aromatic carbocycles. The molecule has 2 aromatic rings. The van der Waals surface area contributed by atoms with E-state index >= 15 is 0 Å². The Labute approximate surface area is 164 Å². The number of methoxy groups -OCH3 is 2. The van der Waals surface area contributed by atoms with E-state index in [0.29, 0.717) is 30.9 Å². The number of carbonyl (C=O) groups is 1. The first kappa shape index (κ1) is 19.3. The van der Waals surface area contributed by atoms with Crippen LogP contribution in [-0.2, 0) is 17.8 Å². The summed E-state index contributed by atoms with van der Waals surface area (Å²) in [5.41, 5.74) is 2.20. The van der Waals surface area contributed by atoms with E-state index in [9.17, 15) is 4.79 Å². The number of rotatable bonds is 7. The Morgan fingerprint density at radius 2 is 1.85 bits per heavy atom. The molecule has 0 bridgehead atoms. The van der Waals surface area contributed by atoms with Crippen LogP contribution in [0.2, 0.25) is 0 Å². The summed E-state index contributed by atoms with van der Waals surface area (Å²) >= 11 is 1.65. The van der Waals surface area contributed by atoms with Crippen LogP contribution >= 0.6 is 11.8 Å². The largest absolute Gasteiger partial charge is 0.493 e. The number of nitrogens with zero attached hydrogens (tertiary/aromatic N) is 2. The van der Waals surface area contributed by atoms with Gasteiger partial charge in [0.2, 0.25) is 5.91 Å². The SMILES string of the molecule is COc1ccc(CCC(=O)N2CCSC2=NCc2ccccc2)cc1OC. The van der Waals surface area contributed by atoms with Crippen molar-refractivity contribution in [3.05, 3.63) is 59.7 Å². The van der Waals surface area contributed by atoms with Crippen molar-refractivity contribution >= 4 is 22.8 Å². The van der Waals surface area contributed by atoms with Gasteiger partial charge in [-0.3, -0.25) is 14.7 Å². The van der Waals surface area contributed by atoms with Crippen LogP contribution in [-0.4, -0.2) is 42.5 Å². The van der Waals surface area contributed by atoms with E-state index in [0.717, 1.165) is 28.6 Å². The second-order valence-electron chi connectivity index (χ2n) is 6.17. The van der Waals surface area contributed by atoms with Crippen LogP contribution in [0.5, 0.6) is 11.5 Å². The molecule has 0 radical (unpaired) electrons. The van der Waals surface area contributed by atoms with E-state index in [-0.39, 0.29) is 5.91 Å². The van der Waals surface area contributed by atoms with E-state index < -0.39 is 0 Å². The quantitative estimate of drug-likeness (QED) is 0.729. The van der Waals surface area contributed by atoms with Gasteiger partial charge in [0.05, 0.1) is 20.8 Å². The van der Waals surface area contributed by atoms with E-state index in [1.165, 1.54) is 0 Å². The minimum absolute atomic E-state index is 0.113. The second kappa shape index (κ2) is 9.46. The summed E-state index contributed by atoms with van der Waals surface area (Å²) in [6.45, 7) is 1.33. The third kappa shape index (κ3) is 5.04. The molecule has 3 rings (SSSR count). The molecule has 0 aliphatic carbocycles. The lowest BCUT2D eigenvalue weighted by atomic mass is 10.1. The van der Waals surface area contributed by atoms with Gasteiger partial charge in [-0.05, 0) is 29.7 Å². The van der Waals surface area contributed by atoms with Gasteiger partial charge in [0.25, 0.3) is 0 Å². The van der Waals surface area contributed by atoms with Gasteiger partial charge in [-0.2, -0.15) is 0 Å². The smallest absolute Gasteiger partial charge is 0.228 e. The van der Waals surface area contributed by atoms with E-state index in [2.05, 4.69) is 4.99 Å². The van der Waals surface area contributed by atoms with E-state index in [4.69, 9.17) is 9.47 Å². The molecule has 0 saturated carbocycles. The molecule has 1 aliphatic rings. The monoisotopic (exact) mass is 384 g/mol. The molecule has 0 aromatic heterocycles. The minimum Gasteiger partial charge on any atom is -0.493 e. The number of hydrogen-bond acceptors (Lipinski definition) is 5. The van der Waals surface area contributed by atoms with Crippen molar-refractivity contribution in [2.45, 2.75) is 19.4 Å². The number of hydrogen-bond donors (Lipinski definition) is 0. The van der Waals surface area contributed by atoms with E-state index in [1.54, 1.807) is 26.0 Å². The first-order valence-electron chi connectivity index (χ1n) is 8.93. The number of aryl methyl sites for hydroxylation is 1. The maximum Gasteiger partial charge on any atom is 0.228 e. The standard InChI is InChI=1S/C21H24N2O3S/c1-25-18-10-8-16(14-19(18)26-2)9-11-20(24)23-12-13-27-21(23)22-15-17-6-4-3-5-7-17/h3-8,10,14H,9,11-13,15H2,1-2H3. The summed E-state index contributed by atoms with van der Waals surface area (Å²) in [5, 5.41) is 0.830. The fourth-order valence-corrected chi connectivity index (χ4v) is 3.89. The summed E-state index contributed by atoms with van der Waals surface area (Å²) in [7, 11) is 3.23. The highest BCUT2D eigenvalue weighted by Crippen LogP contribution is 2.28. The van der Waals surface area contributed by atoms with Crippen molar-refractivity contribution in [3.8, 4) is 11.5 Å².